The molecule has 1 aliphatic rings. The highest BCUT2D eigenvalue weighted by Crippen LogP contribution is 2.27. The normalized spacial score (nSPS) is 20.5. The smallest absolute Gasteiger partial charge is 0.00258 e. The van der Waals surface area contributed by atoms with Crippen LogP contribution in [0.5, 0.6) is 0 Å². The molecule has 0 heterocycles. The van der Waals surface area contributed by atoms with E-state index in [1.807, 2.05) is 0 Å². The second-order valence-corrected chi connectivity index (χ2v) is 7.51. The first-order chi connectivity index (χ1) is 11.0. The molecule has 0 heteroatoms. The van der Waals surface area contributed by atoms with Crippen molar-refractivity contribution in [1.29, 1.82) is 0 Å². The molecule has 23 heavy (non-hydrogen) atoms. The Bertz CT molecular complexity index is 500. The van der Waals surface area contributed by atoms with E-state index in [9.17, 15) is 0 Å². The molecule has 0 N–H and O–H groups in total. The number of rotatable bonds is 2. The summed E-state index contributed by atoms with van der Waals surface area (Å²) in [5, 5.41) is 0. The Kier molecular flexibility index (Phi) is 6.89. The highest BCUT2D eigenvalue weighted by Gasteiger charge is 2.13. The third-order valence-corrected chi connectivity index (χ3v) is 4.95. The summed E-state index contributed by atoms with van der Waals surface area (Å²) in [4.78, 5) is 0. The van der Waals surface area contributed by atoms with Crippen LogP contribution in [0.3, 0.4) is 0 Å². The molecule has 124 valence electrons. The monoisotopic (exact) mass is 308 g/mol. The van der Waals surface area contributed by atoms with Gasteiger partial charge >= 0.3 is 0 Å². The second kappa shape index (κ2) is 8.91. The average Bonchev–Trinajstić information content (AvgIpc) is 2.55. The number of hydrogen-bond acceptors (Lipinski definition) is 0. The Morgan fingerprint density at radius 1 is 0.609 bits per heavy atom. The maximum atomic E-state index is 2.37. The van der Waals surface area contributed by atoms with Crippen molar-refractivity contribution < 1.29 is 0 Å². The molecule has 0 spiro atoms. The zero-order valence-electron chi connectivity index (χ0n) is 15.3. The fourth-order valence-electron chi connectivity index (χ4n) is 3.07. The van der Waals surface area contributed by atoms with Crippen LogP contribution in [-0.4, -0.2) is 0 Å². The molecule has 1 aliphatic carbocycles. The quantitative estimate of drug-likeness (QED) is 0.577. The summed E-state index contributed by atoms with van der Waals surface area (Å²) in [6.07, 6.45) is 6.92. The third kappa shape index (κ3) is 6.60. The van der Waals surface area contributed by atoms with Crippen LogP contribution >= 0.6 is 0 Å². The van der Waals surface area contributed by atoms with Gasteiger partial charge < -0.3 is 0 Å². The minimum atomic E-state index is 1.02. The van der Waals surface area contributed by atoms with E-state index < -0.39 is 0 Å². The van der Waals surface area contributed by atoms with E-state index in [1.165, 1.54) is 47.9 Å². The molecule has 0 atom stereocenters. The molecule has 0 aromatic heterocycles. The van der Waals surface area contributed by atoms with Crippen molar-refractivity contribution in [3.8, 4) is 0 Å². The minimum Gasteiger partial charge on any atom is -0.0625 e. The summed E-state index contributed by atoms with van der Waals surface area (Å²) in [5.74, 6) is 2.04. The van der Waals surface area contributed by atoms with Crippen molar-refractivity contribution in [2.24, 2.45) is 11.8 Å². The maximum absolute atomic E-state index is 2.37. The molecule has 0 saturated heterocycles. The van der Waals surface area contributed by atoms with E-state index >= 15 is 0 Å². The highest BCUT2D eigenvalue weighted by molar-refractivity contribution is 5.29. The molecular weight excluding hydrogens is 276 g/mol. The van der Waals surface area contributed by atoms with Crippen LogP contribution in [0.1, 0.15) is 61.8 Å². The number of benzene rings is 2. The zero-order chi connectivity index (χ0) is 16.7. The summed E-state index contributed by atoms with van der Waals surface area (Å²) in [7, 11) is 0. The number of hydrogen-bond donors (Lipinski definition) is 0. The highest BCUT2D eigenvalue weighted by atomic mass is 14.2. The molecule has 1 fully saturated rings. The summed E-state index contributed by atoms with van der Waals surface area (Å²) in [6.45, 7) is 8.98. The van der Waals surface area contributed by atoms with Crippen molar-refractivity contribution >= 4 is 0 Å². The second-order valence-electron chi connectivity index (χ2n) is 7.51. The van der Waals surface area contributed by atoms with E-state index in [4.69, 9.17) is 0 Å². The van der Waals surface area contributed by atoms with Crippen molar-refractivity contribution in [2.75, 3.05) is 0 Å². The summed E-state index contributed by atoms with van der Waals surface area (Å²) in [6, 6.07) is 17.5. The molecule has 0 radical (unpaired) electrons. The van der Waals surface area contributed by atoms with Gasteiger partial charge in [0.2, 0.25) is 0 Å². The largest absolute Gasteiger partial charge is 0.0625 e. The fourth-order valence-corrected chi connectivity index (χ4v) is 3.07. The zero-order valence-corrected chi connectivity index (χ0v) is 15.3. The van der Waals surface area contributed by atoms with E-state index in [-0.39, 0.29) is 0 Å². The molecule has 0 nitrogen and oxygen atoms in total. The first-order valence-electron chi connectivity index (χ1n) is 9.14. The SMILES string of the molecule is CC1CCC(C)CC1.Cc1ccc(Cc2ccc(C)cc2)cc1. The van der Waals surface area contributed by atoms with Crippen LogP contribution in [0.4, 0.5) is 0 Å². The van der Waals surface area contributed by atoms with Crippen molar-refractivity contribution in [2.45, 2.75) is 59.8 Å². The summed E-state index contributed by atoms with van der Waals surface area (Å²) >= 11 is 0. The van der Waals surface area contributed by atoms with Crippen LogP contribution in [-0.2, 0) is 6.42 Å². The topological polar surface area (TPSA) is 0 Å². The van der Waals surface area contributed by atoms with E-state index in [1.54, 1.807) is 0 Å². The van der Waals surface area contributed by atoms with E-state index in [0.29, 0.717) is 0 Å². The molecule has 1 saturated carbocycles. The van der Waals surface area contributed by atoms with Crippen molar-refractivity contribution in [1.82, 2.24) is 0 Å². The first kappa shape index (κ1) is 17.8. The molecular formula is C23H32. The lowest BCUT2D eigenvalue weighted by molar-refractivity contribution is 0.308. The standard InChI is InChI=1S/C15H16.C8H16/c1-12-3-7-14(8-4-12)11-15-9-5-13(2)6-10-15;1-7-3-5-8(2)6-4-7/h3-10H,11H2,1-2H3;7-8H,3-6H2,1-2H3. The lowest BCUT2D eigenvalue weighted by Gasteiger charge is -2.22. The molecule has 0 aliphatic heterocycles. The summed E-state index contributed by atoms with van der Waals surface area (Å²) in [5.41, 5.74) is 5.40. The van der Waals surface area contributed by atoms with Gasteiger partial charge in [0.15, 0.2) is 0 Å². The lowest BCUT2D eigenvalue weighted by atomic mass is 9.84. The predicted molar refractivity (Wildman–Crippen MR) is 102 cm³/mol. The van der Waals surface area contributed by atoms with Gasteiger partial charge in [0.25, 0.3) is 0 Å². The van der Waals surface area contributed by atoms with Gasteiger partial charge in [0.1, 0.15) is 0 Å². The maximum Gasteiger partial charge on any atom is -0.00258 e. The van der Waals surface area contributed by atoms with E-state index in [2.05, 4.69) is 76.2 Å². The predicted octanol–water partition coefficient (Wildman–Crippen LogP) is 6.73. The number of aryl methyl sites for hydroxylation is 2. The molecule has 2 aromatic rings. The van der Waals surface area contributed by atoms with Crippen LogP contribution < -0.4 is 0 Å². The lowest BCUT2D eigenvalue weighted by Crippen LogP contribution is -2.08. The van der Waals surface area contributed by atoms with Gasteiger partial charge in [-0.15, -0.1) is 0 Å². The van der Waals surface area contributed by atoms with Crippen LogP contribution in [0.2, 0.25) is 0 Å². The molecule has 2 aromatic carbocycles. The Balaban J connectivity index is 0.000000203. The minimum absolute atomic E-state index is 1.02. The molecule has 0 amide bonds. The van der Waals surface area contributed by atoms with Gasteiger partial charge in [-0.1, -0.05) is 99.2 Å². The van der Waals surface area contributed by atoms with Gasteiger partial charge in [-0.25, -0.2) is 0 Å². The third-order valence-electron chi connectivity index (χ3n) is 4.95. The van der Waals surface area contributed by atoms with Gasteiger partial charge in [-0.05, 0) is 43.2 Å². The van der Waals surface area contributed by atoms with E-state index in [0.717, 1.165) is 18.3 Å². The Labute approximate surface area is 143 Å². The Morgan fingerprint density at radius 3 is 1.22 bits per heavy atom. The first-order valence-corrected chi connectivity index (χ1v) is 9.14. The molecule has 0 unspecified atom stereocenters. The van der Waals surface area contributed by atoms with Gasteiger partial charge in [0, 0.05) is 0 Å². The van der Waals surface area contributed by atoms with Crippen molar-refractivity contribution in [3.05, 3.63) is 70.8 Å². The van der Waals surface area contributed by atoms with Gasteiger partial charge in [-0.2, -0.15) is 0 Å². The van der Waals surface area contributed by atoms with Crippen LogP contribution in [0.15, 0.2) is 48.5 Å². The van der Waals surface area contributed by atoms with Crippen molar-refractivity contribution in [3.63, 3.8) is 0 Å². The van der Waals surface area contributed by atoms with Gasteiger partial charge in [-0.3, -0.25) is 0 Å². The van der Waals surface area contributed by atoms with Gasteiger partial charge in [0.05, 0.1) is 0 Å². The Hall–Kier alpha value is -1.56. The van der Waals surface area contributed by atoms with Crippen LogP contribution in [0, 0.1) is 25.7 Å². The molecule has 3 rings (SSSR count). The summed E-state index contributed by atoms with van der Waals surface area (Å²) < 4.78 is 0. The molecule has 0 bridgehead atoms. The van der Waals surface area contributed by atoms with Crippen LogP contribution in [0.25, 0.3) is 0 Å². The average molecular weight is 309 g/mol. The fraction of sp³-hybridized carbons (Fsp3) is 0.478. The Morgan fingerprint density at radius 2 is 0.913 bits per heavy atom.